The van der Waals surface area contributed by atoms with Crippen LogP contribution < -0.4 is 5.32 Å². The molecule has 0 bridgehead atoms. The molecule has 1 N–H and O–H groups in total. The van der Waals surface area contributed by atoms with Crippen molar-refractivity contribution < 1.29 is 4.79 Å². The van der Waals surface area contributed by atoms with Crippen molar-refractivity contribution in [3.05, 3.63) is 64.2 Å². The molecular formula is C20H25ClN2O. The first-order chi connectivity index (χ1) is 11.4. The van der Waals surface area contributed by atoms with Gasteiger partial charge in [-0.2, -0.15) is 0 Å². The molecule has 0 spiro atoms. The number of carbonyl (C=O) groups is 1. The van der Waals surface area contributed by atoms with Gasteiger partial charge in [0.15, 0.2) is 0 Å². The van der Waals surface area contributed by atoms with Gasteiger partial charge in [0.05, 0.1) is 17.3 Å². The Kier molecular flexibility index (Phi) is 6.41. The van der Waals surface area contributed by atoms with Crippen molar-refractivity contribution in [2.24, 2.45) is 0 Å². The molecule has 0 aliphatic rings. The number of nitrogens with zero attached hydrogens (tertiary/aromatic N) is 1. The SMILES string of the molecule is Cc1cc(C)c(NC(=O)CN(Cc2ccccc2)C(C)C)c(Cl)c1. The monoisotopic (exact) mass is 344 g/mol. The van der Waals surface area contributed by atoms with E-state index < -0.39 is 0 Å². The molecule has 4 heteroatoms. The Balaban J connectivity index is 2.06. The second kappa shape index (κ2) is 8.32. The van der Waals surface area contributed by atoms with E-state index in [-0.39, 0.29) is 11.9 Å². The van der Waals surface area contributed by atoms with Gasteiger partial charge in [0.25, 0.3) is 0 Å². The summed E-state index contributed by atoms with van der Waals surface area (Å²) in [5.41, 5.74) is 3.97. The molecule has 2 aromatic rings. The first kappa shape index (κ1) is 18.5. The Hall–Kier alpha value is -1.84. The molecule has 2 rings (SSSR count). The molecule has 128 valence electrons. The first-order valence-electron chi connectivity index (χ1n) is 8.21. The normalized spacial score (nSPS) is 11.1. The fourth-order valence-corrected chi connectivity index (χ4v) is 3.04. The Morgan fingerprint density at radius 2 is 1.83 bits per heavy atom. The van der Waals surface area contributed by atoms with E-state index in [1.165, 1.54) is 5.56 Å². The van der Waals surface area contributed by atoms with E-state index in [1.807, 2.05) is 44.2 Å². The van der Waals surface area contributed by atoms with Gasteiger partial charge in [-0.25, -0.2) is 0 Å². The third-order valence-electron chi connectivity index (χ3n) is 4.00. The second-order valence-electron chi connectivity index (χ2n) is 6.47. The molecule has 0 saturated heterocycles. The number of amides is 1. The third-order valence-corrected chi connectivity index (χ3v) is 4.30. The van der Waals surface area contributed by atoms with Crippen molar-refractivity contribution in [2.45, 2.75) is 40.3 Å². The smallest absolute Gasteiger partial charge is 0.238 e. The van der Waals surface area contributed by atoms with Gasteiger partial charge >= 0.3 is 0 Å². The molecule has 2 aromatic carbocycles. The average Bonchev–Trinajstić information content (AvgIpc) is 2.51. The largest absolute Gasteiger partial charge is 0.323 e. The van der Waals surface area contributed by atoms with E-state index in [4.69, 9.17) is 11.6 Å². The van der Waals surface area contributed by atoms with Crippen molar-refractivity contribution >= 4 is 23.2 Å². The Morgan fingerprint density at radius 3 is 2.42 bits per heavy atom. The number of benzene rings is 2. The Morgan fingerprint density at radius 1 is 1.17 bits per heavy atom. The van der Waals surface area contributed by atoms with Gasteiger partial charge in [0.2, 0.25) is 5.91 Å². The van der Waals surface area contributed by atoms with Gasteiger partial charge in [-0.1, -0.05) is 48.0 Å². The van der Waals surface area contributed by atoms with Gasteiger partial charge in [-0.05, 0) is 50.5 Å². The van der Waals surface area contributed by atoms with Crippen LogP contribution in [0.3, 0.4) is 0 Å². The number of hydrogen-bond donors (Lipinski definition) is 1. The van der Waals surface area contributed by atoms with Crippen molar-refractivity contribution in [3.63, 3.8) is 0 Å². The average molecular weight is 345 g/mol. The fourth-order valence-electron chi connectivity index (χ4n) is 2.68. The van der Waals surface area contributed by atoms with Gasteiger partial charge < -0.3 is 5.32 Å². The van der Waals surface area contributed by atoms with Gasteiger partial charge in [-0.15, -0.1) is 0 Å². The van der Waals surface area contributed by atoms with Gasteiger partial charge in [0.1, 0.15) is 0 Å². The number of rotatable bonds is 6. The number of anilines is 1. The van der Waals surface area contributed by atoms with Crippen LogP contribution in [-0.4, -0.2) is 23.4 Å². The minimum Gasteiger partial charge on any atom is -0.323 e. The van der Waals surface area contributed by atoms with E-state index >= 15 is 0 Å². The van der Waals surface area contributed by atoms with Crippen LogP contribution in [0.1, 0.15) is 30.5 Å². The molecule has 0 saturated carbocycles. The first-order valence-corrected chi connectivity index (χ1v) is 8.59. The van der Waals surface area contributed by atoms with E-state index in [9.17, 15) is 4.79 Å². The molecule has 0 fully saturated rings. The lowest BCUT2D eigenvalue weighted by Crippen LogP contribution is -2.37. The fraction of sp³-hybridized carbons (Fsp3) is 0.350. The quantitative estimate of drug-likeness (QED) is 0.815. The molecule has 0 aromatic heterocycles. The van der Waals surface area contributed by atoms with Crippen LogP contribution in [0.2, 0.25) is 5.02 Å². The highest BCUT2D eigenvalue weighted by Gasteiger charge is 2.16. The van der Waals surface area contributed by atoms with E-state index in [2.05, 4.69) is 36.2 Å². The standard InChI is InChI=1S/C20H25ClN2O/c1-14(2)23(12-17-8-6-5-7-9-17)13-19(24)22-20-16(4)10-15(3)11-18(20)21/h5-11,14H,12-13H2,1-4H3,(H,22,24). The summed E-state index contributed by atoms with van der Waals surface area (Å²) in [4.78, 5) is 14.6. The summed E-state index contributed by atoms with van der Waals surface area (Å²) in [6.07, 6.45) is 0. The molecule has 0 atom stereocenters. The molecule has 24 heavy (non-hydrogen) atoms. The van der Waals surface area contributed by atoms with E-state index in [1.54, 1.807) is 0 Å². The summed E-state index contributed by atoms with van der Waals surface area (Å²) < 4.78 is 0. The third kappa shape index (κ3) is 5.08. The number of hydrogen-bond acceptors (Lipinski definition) is 2. The van der Waals surface area contributed by atoms with Crippen LogP contribution in [0.4, 0.5) is 5.69 Å². The topological polar surface area (TPSA) is 32.3 Å². The molecule has 0 aliphatic carbocycles. The summed E-state index contributed by atoms with van der Waals surface area (Å²) in [5, 5.41) is 3.55. The maximum absolute atomic E-state index is 12.5. The maximum Gasteiger partial charge on any atom is 0.238 e. The summed E-state index contributed by atoms with van der Waals surface area (Å²) in [6.45, 7) is 9.22. The van der Waals surface area contributed by atoms with Crippen LogP contribution in [0.5, 0.6) is 0 Å². The molecule has 0 radical (unpaired) electrons. The van der Waals surface area contributed by atoms with Gasteiger partial charge in [-0.3, -0.25) is 9.69 Å². The van der Waals surface area contributed by atoms with Crippen LogP contribution >= 0.6 is 11.6 Å². The van der Waals surface area contributed by atoms with Crippen LogP contribution in [0.25, 0.3) is 0 Å². The Bertz CT molecular complexity index is 675. The lowest BCUT2D eigenvalue weighted by Gasteiger charge is -2.26. The predicted molar refractivity (Wildman–Crippen MR) is 102 cm³/mol. The van der Waals surface area contributed by atoms with Crippen LogP contribution in [0, 0.1) is 13.8 Å². The summed E-state index contributed by atoms with van der Waals surface area (Å²) in [5.74, 6) is -0.0477. The summed E-state index contributed by atoms with van der Waals surface area (Å²) in [6, 6.07) is 14.3. The van der Waals surface area contributed by atoms with Crippen molar-refractivity contribution in [2.75, 3.05) is 11.9 Å². The molecule has 3 nitrogen and oxygen atoms in total. The van der Waals surface area contributed by atoms with Crippen molar-refractivity contribution in [3.8, 4) is 0 Å². The second-order valence-corrected chi connectivity index (χ2v) is 6.88. The molecule has 0 unspecified atom stereocenters. The maximum atomic E-state index is 12.5. The lowest BCUT2D eigenvalue weighted by molar-refractivity contribution is -0.117. The molecular weight excluding hydrogens is 320 g/mol. The minimum atomic E-state index is -0.0477. The molecule has 1 amide bonds. The van der Waals surface area contributed by atoms with Crippen LogP contribution in [-0.2, 0) is 11.3 Å². The zero-order chi connectivity index (χ0) is 17.7. The highest BCUT2D eigenvalue weighted by atomic mass is 35.5. The number of aryl methyl sites for hydroxylation is 2. The van der Waals surface area contributed by atoms with E-state index in [0.717, 1.165) is 17.7 Å². The number of carbonyl (C=O) groups excluding carboxylic acids is 1. The summed E-state index contributed by atoms with van der Waals surface area (Å²) >= 11 is 6.28. The summed E-state index contributed by atoms with van der Waals surface area (Å²) in [7, 11) is 0. The Labute approximate surface area is 149 Å². The zero-order valence-corrected chi connectivity index (χ0v) is 15.5. The van der Waals surface area contributed by atoms with E-state index in [0.29, 0.717) is 17.3 Å². The van der Waals surface area contributed by atoms with Gasteiger partial charge in [0, 0.05) is 12.6 Å². The number of halogens is 1. The zero-order valence-electron chi connectivity index (χ0n) is 14.8. The molecule has 0 heterocycles. The van der Waals surface area contributed by atoms with Crippen molar-refractivity contribution in [1.29, 1.82) is 0 Å². The number of nitrogens with one attached hydrogen (secondary N) is 1. The van der Waals surface area contributed by atoms with Crippen molar-refractivity contribution in [1.82, 2.24) is 4.90 Å². The highest BCUT2D eigenvalue weighted by Crippen LogP contribution is 2.27. The molecule has 0 aliphatic heterocycles. The van der Waals surface area contributed by atoms with Crippen LogP contribution in [0.15, 0.2) is 42.5 Å². The minimum absolute atomic E-state index is 0.0477. The predicted octanol–water partition coefficient (Wildman–Crippen LogP) is 4.81. The highest BCUT2D eigenvalue weighted by molar-refractivity contribution is 6.34. The lowest BCUT2D eigenvalue weighted by atomic mass is 10.1.